The normalized spacial score (nSPS) is 12.9. The van der Waals surface area contributed by atoms with E-state index in [2.05, 4.69) is 367 Å². The van der Waals surface area contributed by atoms with E-state index in [4.69, 9.17) is 39.5 Å². The van der Waals surface area contributed by atoms with E-state index in [1.807, 2.05) is 79.3 Å². The van der Waals surface area contributed by atoms with Crippen LogP contribution in [0.2, 0.25) is 0 Å². The molecule has 11 aromatic heterocycles. The third kappa shape index (κ3) is 13.2. The molecule has 29 aromatic rings. The van der Waals surface area contributed by atoms with Crippen LogP contribution < -0.4 is 0 Å². The molecule has 0 unspecified atom stereocenters. The maximum Gasteiger partial charge on any atom is 0.145 e. The van der Waals surface area contributed by atoms with Crippen LogP contribution in [-0.2, 0) is 5.41 Å². The first-order valence-electron chi connectivity index (χ1n) is 49.9. The average Bonchev–Trinajstić information content (AvgIpc) is 1.55. The molecule has 0 fully saturated rings. The van der Waals surface area contributed by atoms with Crippen molar-refractivity contribution >= 4 is 164 Å². The van der Waals surface area contributed by atoms with Crippen LogP contribution in [0.5, 0.6) is 0 Å². The van der Waals surface area contributed by atoms with Gasteiger partial charge in [0.15, 0.2) is 0 Å². The van der Waals surface area contributed by atoms with Crippen LogP contribution >= 0.6 is 11.3 Å². The molecule has 11 heterocycles. The topological polar surface area (TPSA) is 106 Å². The van der Waals surface area contributed by atoms with E-state index in [1.54, 1.807) is 23.7 Å². The number of hydrogen-bond acceptors (Lipinski definition) is 8. The van der Waals surface area contributed by atoms with Crippen molar-refractivity contribution < 1.29 is 24.5 Å². The number of rotatable bonds is 11. The Bertz CT molecular complexity index is 10400. The number of aromatic nitrogens is 6. The van der Waals surface area contributed by atoms with Gasteiger partial charge in [-0.25, -0.2) is 0 Å². The molecule has 30 rings (SSSR count). The van der Waals surface area contributed by atoms with Crippen LogP contribution in [0.1, 0.15) is 31.8 Å². The quantitative estimate of drug-likeness (QED) is 0.127. The third-order valence-electron chi connectivity index (χ3n) is 28.6. The summed E-state index contributed by atoms with van der Waals surface area (Å²) in [6, 6.07) is 139. The summed E-state index contributed by atoms with van der Waals surface area (Å²) < 4.78 is 75.9. The highest BCUT2D eigenvalue weighted by molar-refractivity contribution is 7.17. The molecule has 1 aliphatic rings. The number of nitrogens with zero attached hydrogens (tertiary/aromatic N) is 6. The number of hydrogen-bond donors (Lipinski definition) is 0. The standard InChI is InChI=1S/C50H34N2O.C43H26N2O2.C37H22N2OS/c1-50(2)42-18-10-9-17-36(42)41-28-34(43-19-11-12-26-51-43)27-40(48(41)50)33-21-23-39-45(29-33)52(35-15-7-4-8-16-35)44-25-24-38-37-22-20-32(31-13-5-3-6-14-31)30-46(37)53-49(38)47(39)44;1-3-8-27(9-4-1)29-15-19-40-36(24-29)34-17-18-38-41(43(34)47-40)35-16-14-31(26-39(35)45(38)32-11-5-2-6-12-32)37-25-30(20-22-44-37)33-13-7-10-28-21-23-46-42(28)33;1-2-8-26(9-3-1)39-32-16-15-29-28-10-4-5-12-34(28)40-36(29)35(32)30-14-13-25(22-33(30)39)31-21-24(17-19-38-31)27-11-6-7-23-18-20-41-37(23)27/h3-30H,1-2H3;1-26H;1-22H/i3D,5D,6D,13D,14D;;. The van der Waals surface area contributed by atoms with Gasteiger partial charge in [-0.15, -0.1) is 11.3 Å². The van der Waals surface area contributed by atoms with Crippen molar-refractivity contribution in [2.75, 3.05) is 0 Å². The van der Waals surface area contributed by atoms with Crippen molar-refractivity contribution in [1.29, 1.82) is 0 Å². The predicted molar refractivity (Wildman–Crippen MR) is 584 cm³/mol. The molecule has 0 saturated carbocycles. The second kappa shape index (κ2) is 32.5. The molecule has 1 aliphatic carbocycles. The van der Waals surface area contributed by atoms with E-state index < -0.39 is 6.04 Å². The molecule has 18 aromatic carbocycles. The Morgan fingerprint density at radius 1 is 0.270 bits per heavy atom. The summed E-state index contributed by atoms with van der Waals surface area (Å²) in [7, 11) is 0. The molecule has 0 atom stereocenters. The number of thiophene rings is 1. The molecule has 0 N–H and O–H groups in total. The van der Waals surface area contributed by atoms with Gasteiger partial charge in [-0.1, -0.05) is 262 Å². The van der Waals surface area contributed by atoms with Crippen molar-refractivity contribution in [3.63, 3.8) is 0 Å². The number of para-hydroxylation sites is 5. The summed E-state index contributed by atoms with van der Waals surface area (Å²) in [6.45, 7) is 4.64. The molecule has 10 nitrogen and oxygen atoms in total. The molecule has 0 spiro atoms. The van der Waals surface area contributed by atoms with E-state index in [-0.39, 0.29) is 35.1 Å². The number of benzene rings is 18. The van der Waals surface area contributed by atoms with Crippen molar-refractivity contribution in [3.05, 3.63) is 472 Å². The lowest BCUT2D eigenvalue weighted by Crippen LogP contribution is -2.16. The Hall–Kier alpha value is -18.3. The molecule has 0 saturated heterocycles. The zero-order valence-corrected chi connectivity index (χ0v) is 77.0. The van der Waals surface area contributed by atoms with Crippen molar-refractivity contribution in [3.8, 4) is 118 Å². The fraction of sp³-hybridized carbons (Fsp3) is 0.0231. The van der Waals surface area contributed by atoms with Crippen LogP contribution in [0.4, 0.5) is 0 Å². The Morgan fingerprint density at radius 2 is 0.745 bits per heavy atom. The smallest absolute Gasteiger partial charge is 0.145 e. The third-order valence-corrected chi connectivity index (χ3v) is 29.5. The van der Waals surface area contributed by atoms with Gasteiger partial charge >= 0.3 is 0 Å². The second-order valence-electron chi connectivity index (χ2n) is 36.8. The highest BCUT2D eigenvalue weighted by atomic mass is 32.1. The van der Waals surface area contributed by atoms with Crippen molar-refractivity contribution in [2.45, 2.75) is 19.3 Å². The minimum Gasteiger partial charge on any atom is -0.464 e. The van der Waals surface area contributed by atoms with Gasteiger partial charge in [0.2, 0.25) is 0 Å². The summed E-state index contributed by atoms with van der Waals surface area (Å²) in [5.74, 6) is 0. The first-order chi connectivity index (χ1) is 71.7. The SMILES string of the molecule is [2H]c1c([2H])c([2H])c(-c2ccc3c(c2)oc2c3ccc3c2c2ccc(-c4cc(-c5ccccn5)cc5c4C(C)(C)c4ccccc4-5)cc2n3-c2ccccc2)c([2H])c1[2H].c1ccc(-c2ccc3oc4c(ccc5c4c4ccc(-c6cc(-c7cccc8ccoc78)ccn6)cc4n5-c4ccccc4)c3c2)cc1.c1ccc(-n2c3cc(-c4cc(-c5cccc6ccsc56)ccn4)ccc3c3c4oc5ccccc5c4ccc32)cc1. The highest BCUT2D eigenvalue weighted by Crippen LogP contribution is 2.56. The number of furan rings is 4. The zero-order valence-electron chi connectivity index (χ0n) is 81.2. The fourth-order valence-electron chi connectivity index (χ4n) is 22.2. The van der Waals surface area contributed by atoms with Crippen LogP contribution in [0.3, 0.4) is 0 Å². The molecule has 0 radical (unpaired) electrons. The van der Waals surface area contributed by atoms with Gasteiger partial charge in [0.05, 0.1) is 79.5 Å². The molecule has 0 aliphatic heterocycles. The highest BCUT2D eigenvalue weighted by Gasteiger charge is 2.39. The van der Waals surface area contributed by atoms with E-state index in [9.17, 15) is 0 Å². The van der Waals surface area contributed by atoms with E-state index >= 15 is 0 Å². The lowest BCUT2D eigenvalue weighted by molar-refractivity contribution is 0.617. The molecule has 141 heavy (non-hydrogen) atoms. The van der Waals surface area contributed by atoms with Gasteiger partial charge in [0.25, 0.3) is 0 Å². The summed E-state index contributed by atoms with van der Waals surface area (Å²) in [5.41, 5.74) is 36.2. The molecule has 11 heteroatoms. The number of fused-ring (bicyclic) bond motifs is 26. The monoisotopic (exact) mass is 1830 g/mol. The van der Waals surface area contributed by atoms with Crippen LogP contribution in [-0.4, -0.2) is 28.7 Å². The number of pyridine rings is 3. The van der Waals surface area contributed by atoms with Crippen molar-refractivity contribution in [2.24, 2.45) is 0 Å². The average molecular weight is 1830 g/mol. The first-order valence-corrected chi connectivity index (χ1v) is 48.2. The first kappa shape index (κ1) is 75.9. The maximum absolute atomic E-state index is 8.59. The largest absolute Gasteiger partial charge is 0.464 e. The van der Waals surface area contributed by atoms with Gasteiger partial charge in [0.1, 0.15) is 39.1 Å². The maximum atomic E-state index is 8.59. The van der Waals surface area contributed by atoms with E-state index in [0.717, 1.165) is 204 Å². The molecular formula is C130H82N6O4S. The van der Waals surface area contributed by atoms with E-state index in [0.29, 0.717) is 11.1 Å². The summed E-state index contributed by atoms with van der Waals surface area (Å²) >= 11 is 1.78. The summed E-state index contributed by atoms with van der Waals surface area (Å²) in [6.07, 6.45) is 7.39. The van der Waals surface area contributed by atoms with Gasteiger partial charge in [-0.3, -0.25) is 15.0 Å². The molecule has 0 bridgehead atoms. The molecule has 662 valence electrons. The van der Waals surface area contributed by atoms with Crippen LogP contribution in [0, 0.1) is 0 Å². The predicted octanol–water partition coefficient (Wildman–Crippen LogP) is 35.8. The van der Waals surface area contributed by atoms with Crippen molar-refractivity contribution in [1.82, 2.24) is 28.7 Å². The lowest BCUT2D eigenvalue weighted by atomic mass is 9.78. The molecule has 0 amide bonds. The van der Waals surface area contributed by atoms with Gasteiger partial charge in [-0.05, 0) is 265 Å². The summed E-state index contributed by atoms with van der Waals surface area (Å²) in [5, 5.41) is 17.4. The van der Waals surface area contributed by atoms with Gasteiger partial charge in [-0.2, -0.15) is 0 Å². The Labute approximate surface area is 820 Å². The Balaban J connectivity index is 0.000000108. The minimum atomic E-state index is -0.414. The Morgan fingerprint density at radius 3 is 1.38 bits per heavy atom. The lowest BCUT2D eigenvalue weighted by Gasteiger charge is -2.25. The summed E-state index contributed by atoms with van der Waals surface area (Å²) in [4.78, 5) is 14.4. The van der Waals surface area contributed by atoms with E-state index in [1.165, 1.54) is 60.2 Å². The Kier molecular flexibility index (Phi) is 17.5. The van der Waals surface area contributed by atoms with Gasteiger partial charge < -0.3 is 31.4 Å². The zero-order chi connectivity index (χ0) is 97.4. The fourth-order valence-corrected chi connectivity index (χ4v) is 23.1. The second-order valence-corrected chi connectivity index (χ2v) is 37.7. The molecular weight excluding hydrogens is 1740 g/mol. The van der Waals surface area contributed by atoms with Gasteiger partial charge in [0, 0.05) is 122 Å². The van der Waals surface area contributed by atoms with Crippen LogP contribution in [0.15, 0.2) is 478 Å². The van der Waals surface area contributed by atoms with Crippen LogP contribution in [0.25, 0.3) is 270 Å². The minimum absolute atomic E-state index is 0.150.